The van der Waals surface area contributed by atoms with Crippen molar-refractivity contribution in [2.45, 2.75) is 32.7 Å². The highest BCUT2D eigenvalue weighted by atomic mass is 35.5. The molecule has 0 aliphatic heterocycles. The maximum Gasteiger partial charge on any atom is 0.274 e. The minimum Gasteiger partial charge on any atom is -0.373 e. The zero-order valence-electron chi connectivity index (χ0n) is 11.6. The summed E-state index contributed by atoms with van der Waals surface area (Å²) in [5.74, 6) is 1.23. The minimum atomic E-state index is -0.0796. The Bertz CT molecular complexity index is 472. The number of carbonyl (C=O) groups excluding carboxylic acids is 1. The van der Waals surface area contributed by atoms with Crippen LogP contribution in [0.3, 0.4) is 0 Å². The highest BCUT2D eigenvalue weighted by Gasteiger charge is 2.30. The summed E-state index contributed by atoms with van der Waals surface area (Å²) in [6, 6.07) is 3.63. The van der Waals surface area contributed by atoms with Crippen LogP contribution in [0.15, 0.2) is 12.1 Å². The van der Waals surface area contributed by atoms with Gasteiger partial charge in [0.05, 0.1) is 5.02 Å². The second-order valence-corrected chi connectivity index (χ2v) is 5.68. The van der Waals surface area contributed by atoms with Crippen LogP contribution < -0.4 is 5.32 Å². The summed E-state index contributed by atoms with van der Waals surface area (Å²) in [4.78, 5) is 18.7. The maximum absolute atomic E-state index is 12.6. The number of nitrogens with one attached hydrogen (secondary N) is 1. The smallest absolute Gasteiger partial charge is 0.274 e. The van der Waals surface area contributed by atoms with E-state index in [1.165, 1.54) is 12.8 Å². The second kappa shape index (κ2) is 5.78. The van der Waals surface area contributed by atoms with Gasteiger partial charge in [-0.3, -0.25) is 4.79 Å². The fourth-order valence-corrected chi connectivity index (χ4v) is 2.16. The molecule has 0 radical (unpaired) electrons. The van der Waals surface area contributed by atoms with Crippen LogP contribution in [0.1, 0.15) is 37.2 Å². The first-order valence-corrected chi connectivity index (χ1v) is 7.06. The van der Waals surface area contributed by atoms with Crippen LogP contribution >= 0.6 is 11.6 Å². The molecule has 2 rings (SSSR count). The van der Waals surface area contributed by atoms with Crippen molar-refractivity contribution in [1.29, 1.82) is 0 Å². The van der Waals surface area contributed by atoms with Gasteiger partial charge in [0.2, 0.25) is 0 Å². The molecule has 1 aromatic heterocycles. The molecule has 4 nitrogen and oxygen atoms in total. The molecule has 1 amide bonds. The first-order chi connectivity index (χ1) is 9.02. The van der Waals surface area contributed by atoms with Gasteiger partial charge in [-0.15, -0.1) is 0 Å². The third kappa shape index (κ3) is 3.38. The van der Waals surface area contributed by atoms with Crippen molar-refractivity contribution < 1.29 is 4.79 Å². The fraction of sp³-hybridized carbons (Fsp3) is 0.571. The molecular formula is C14H20ClN3O. The topological polar surface area (TPSA) is 45.2 Å². The highest BCUT2D eigenvalue weighted by Crippen LogP contribution is 2.31. The standard InChI is InChI=1S/C14H20ClN3O/c1-9(2)18(8-10-4-5-10)14(19)13-11(15)6-7-12(16-3)17-13/h6-7,9-10H,4-5,8H2,1-3H3,(H,16,17). The Morgan fingerprint density at radius 1 is 1.53 bits per heavy atom. The van der Waals surface area contributed by atoms with Crippen molar-refractivity contribution >= 4 is 23.3 Å². The van der Waals surface area contributed by atoms with Crippen LogP contribution in [0.2, 0.25) is 5.02 Å². The lowest BCUT2D eigenvalue weighted by molar-refractivity contribution is 0.0690. The van der Waals surface area contributed by atoms with Crippen molar-refractivity contribution in [3.63, 3.8) is 0 Å². The van der Waals surface area contributed by atoms with Gasteiger partial charge in [0.1, 0.15) is 11.5 Å². The predicted octanol–water partition coefficient (Wildman–Crippen LogP) is 3.04. The first kappa shape index (κ1) is 14.1. The number of halogens is 1. The van der Waals surface area contributed by atoms with Crippen molar-refractivity contribution in [1.82, 2.24) is 9.88 Å². The van der Waals surface area contributed by atoms with Crippen LogP contribution in [0.25, 0.3) is 0 Å². The van der Waals surface area contributed by atoms with E-state index in [0.29, 0.717) is 22.5 Å². The van der Waals surface area contributed by atoms with Crippen molar-refractivity contribution in [3.05, 3.63) is 22.8 Å². The van der Waals surface area contributed by atoms with E-state index in [-0.39, 0.29) is 11.9 Å². The van der Waals surface area contributed by atoms with Crippen LogP contribution in [-0.2, 0) is 0 Å². The number of pyridine rings is 1. The lowest BCUT2D eigenvalue weighted by atomic mass is 10.2. The minimum absolute atomic E-state index is 0.0796. The summed E-state index contributed by atoms with van der Waals surface area (Å²) < 4.78 is 0. The van der Waals surface area contributed by atoms with E-state index >= 15 is 0 Å². The van der Waals surface area contributed by atoms with E-state index < -0.39 is 0 Å². The molecule has 0 saturated heterocycles. The molecule has 104 valence electrons. The molecule has 1 aromatic rings. The quantitative estimate of drug-likeness (QED) is 0.902. The molecule has 0 aromatic carbocycles. The molecule has 0 spiro atoms. The Hall–Kier alpha value is -1.29. The number of carbonyl (C=O) groups is 1. The average molecular weight is 282 g/mol. The van der Waals surface area contributed by atoms with Gasteiger partial charge in [-0.25, -0.2) is 4.98 Å². The second-order valence-electron chi connectivity index (χ2n) is 5.27. The number of nitrogens with zero attached hydrogens (tertiary/aromatic N) is 2. The van der Waals surface area contributed by atoms with E-state index in [2.05, 4.69) is 10.3 Å². The zero-order valence-corrected chi connectivity index (χ0v) is 12.4. The SMILES string of the molecule is CNc1ccc(Cl)c(C(=O)N(CC2CC2)C(C)C)n1. The molecule has 5 heteroatoms. The number of amides is 1. The molecule has 0 atom stereocenters. The third-order valence-electron chi connectivity index (χ3n) is 3.34. The monoisotopic (exact) mass is 281 g/mol. The summed E-state index contributed by atoms with van der Waals surface area (Å²) in [6.07, 6.45) is 2.43. The number of rotatable bonds is 5. The molecular weight excluding hydrogens is 262 g/mol. The van der Waals surface area contributed by atoms with Gasteiger partial charge >= 0.3 is 0 Å². The normalized spacial score (nSPS) is 14.6. The van der Waals surface area contributed by atoms with E-state index in [4.69, 9.17) is 11.6 Å². The number of hydrogen-bond acceptors (Lipinski definition) is 3. The Morgan fingerprint density at radius 3 is 2.74 bits per heavy atom. The van der Waals surface area contributed by atoms with E-state index in [1.54, 1.807) is 19.2 Å². The lowest BCUT2D eigenvalue weighted by Crippen LogP contribution is -2.39. The summed E-state index contributed by atoms with van der Waals surface area (Å²) >= 11 is 6.11. The van der Waals surface area contributed by atoms with Gasteiger partial charge in [-0.2, -0.15) is 0 Å². The van der Waals surface area contributed by atoms with Crippen molar-refractivity contribution in [3.8, 4) is 0 Å². The van der Waals surface area contributed by atoms with Crippen molar-refractivity contribution in [2.75, 3.05) is 18.9 Å². The Kier molecular flexibility index (Phi) is 4.30. The summed E-state index contributed by atoms with van der Waals surface area (Å²) in [6.45, 7) is 4.85. The van der Waals surface area contributed by atoms with E-state index in [9.17, 15) is 4.79 Å². The number of anilines is 1. The average Bonchev–Trinajstić information content (AvgIpc) is 3.19. The molecule has 1 saturated carbocycles. The fourth-order valence-electron chi connectivity index (χ4n) is 1.97. The summed E-state index contributed by atoms with van der Waals surface area (Å²) in [5.41, 5.74) is 0.336. The highest BCUT2D eigenvalue weighted by molar-refractivity contribution is 6.33. The lowest BCUT2D eigenvalue weighted by Gasteiger charge is -2.26. The predicted molar refractivity (Wildman–Crippen MR) is 77.7 cm³/mol. The molecule has 1 N–H and O–H groups in total. The molecule has 1 aliphatic carbocycles. The number of aromatic nitrogens is 1. The Morgan fingerprint density at radius 2 is 2.21 bits per heavy atom. The molecule has 0 bridgehead atoms. The molecule has 0 unspecified atom stereocenters. The van der Waals surface area contributed by atoms with E-state index in [0.717, 1.165) is 6.54 Å². The number of hydrogen-bond donors (Lipinski definition) is 1. The van der Waals surface area contributed by atoms with Gasteiger partial charge in [-0.1, -0.05) is 11.6 Å². The van der Waals surface area contributed by atoms with E-state index in [1.807, 2.05) is 18.7 Å². The van der Waals surface area contributed by atoms with Crippen LogP contribution in [0.4, 0.5) is 5.82 Å². The zero-order chi connectivity index (χ0) is 14.0. The first-order valence-electron chi connectivity index (χ1n) is 6.68. The molecule has 1 fully saturated rings. The van der Waals surface area contributed by atoms with Crippen LogP contribution in [0.5, 0.6) is 0 Å². The molecule has 1 aliphatic rings. The maximum atomic E-state index is 12.6. The largest absolute Gasteiger partial charge is 0.373 e. The van der Waals surface area contributed by atoms with Gasteiger partial charge in [-0.05, 0) is 44.7 Å². The van der Waals surface area contributed by atoms with Gasteiger partial charge in [0.25, 0.3) is 5.91 Å². The summed E-state index contributed by atoms with van der Waals surface area (Å²) in [7, 11) is 1.77. The van der Waals surface area contributed by atoms with Gasteiger partial charge in [0, 0.05) is 19.6 Å². The Balaban J connectivity index is 2.24. The summed E-state index contributed by atoms with van der Waals surface area (Å²) in [5, 5.41) is 3.34. The van der Waals surface area contributed by atoms with Crippen LogP contribution in [-0.4, -0.2) is 35.4 Å². The molecule has 19 heavy (non-hydrogen) atoms. The molecule has 1 heterocycles. The third-order valence-corrected chi connectivity index (χ3v) is 3.65. The van der Waals surface area contributed by atoms with Gasteiger partial charge in [0.15, 0.2) is 0 Å². The Labute approximate surface area is 119 Å². The van der Waals surface area contributed by atoms with Crippen molar-refractivity contribution in [2.24, 2.45) is 5.92 Å². The van der Waals surface area contributed by atoms with Gasteiger partial charge < -0.3 is 10.2 Å². The van der Waals surface area contributed by atoms with Crippen LogP contribution in [0, 0.1) is 5.92 Å².